The van der Waals surface area contributed by atoms with Crippen LogP contribution in [0, 0.1) is 5.82 Å². The van der Waals surface area contributed by atoms with Gasteiger partial charge in [-0.05, 0) is 49.2 Å². The van der Waals surface area contributed by atoms with E-state index in [0.717, 1.165) is 36.8 Å². The van der Waals surface area contributed by atoms with E-state index in [9.17, 15) is 9.50 Å². The number of nitrogens with zero attached hydrogens (tertiary/aromatic N) is 2. The van der Waals surface area contributed by atoms with Crippen LogP contribution in [0.1, 0.15) is 31.2 Å². The number of pyridine rings is 1. The highest BCUT2D eigenvalue weighted by Gasteiger charge is 2.32. The minimum absolute atomic E-state index is 0.204. The lowest BCUT2D eigenvalue weighted by molar-refractivity contribution is 0.0143. The van der Waals surface area contributed by atoms with Gasteiger partial charge in [0.1, 0.15) is 5.82 Å². The van der Waals surface area contributed by atoms with E-state index in [1.54, 1.807) is 18.5 Å². The lowest BCUT2D eigenvalue weighted by Crippen LogP contribution is -2.38. The number of hydrogen-bond acceptors (Lipinski definition) is 3. The van der Waals surface area contributed by atoms with Gasteiger partial charge in [-0.25, -0.2) is 4.39 Å². The average Bonchev–Trinajstić information content (AvgIpc) is 2.96. The number of benzene rings is 1. The van der Waals surface area contributed by atoms with E-state index in [0.29, 0.717) is 18.7 Å². The third-order valence-electron chi connectivity index (χ3n) is 4.61. The van der Waals surface area contributed by atoms with Gasteiger partial charge in [-0.3, -0.25) is 9.88 Å². The fourth-order valence-electron chi connectivity index (χ4n) is 3.44. The molecule has 0 amide bonds. The van der Waals surface area contributed by atoms with Gasteiger partial charge in [-0.2, -0.15) is 0 Å². The van der Waals surface area contributed by atoms with E-state index in [1.807, 2.05) is 36.2 Å². The maximum Gasteiger partial charge on any atom is 0.128 e. The van der Waals surface area contributed by atoms with Crippen LogP contribution in [-0.4, -0.2) is 34.2 Å². The maximum absolute atomic E-state index is 14.4. The SMILES string of the molecule is CN(Cc1ccc(-c2ccncc2)cc1F)CC1(O)CCCC1. The van der Waals surface area contributed by atoms with Crippen LogP contribution in [0.5, 0.6) is 0 Å². The molecule has 1 aliphatic rings. The number of aromatic nitrogens is 1. The summed E-state index contributed by atoms with van der Waals surface area (Å²) in [5.41, 5.74) is 1.87. The molecular weight excluding hydrogens is 291 g/mol. The molecule has 1 aliphatic carbocycles. The molecule has 3 nitrogen and oxygen atoms in total. The second-order valence-electron chi connectivity index (χ2n) is 6.65. The topological polar surface area (TPSA) is 36.4 Å². The van der Waals surface area contributed by atoms with E-state index in [2.05, 4.69) is 4.98 Å². The molecule has 2 aromatic rings. The van der Waals surface area contributed by atoms with Gasteiger partial charge < -0.3 is 5.11 Å². The normalized spacial score (nSPS) is 16.9. The van der Waals surface area contributed by atoms with Crippen LogP contribution in [0.15, 0.2) is 42.7 Å². The minimum Gasteiger partial charge on any atom is -0.389 e. The van der Waals surface area contributed by atoms with Crippen LogP contribution < -0.4 is 0 Å². The molecule has 0 radical (unpaired) electrons. The molecule has 1 heterocycles. The number of rotatable bonds is 5. The molecule has 122 valence electrons. The Morgan fingerprint density at radius 3 is 2.48 bits per heavy atom. The molecule has 1 N–H and O–H groups in total. The first kappa shape index (κ1) is 16.1. The summed E-state index contributed by atoms with van der Waals surface area (Å²) in [7, 11) is 1.94. The van der Waals surface area contributed by atoms with Gasteiger partial charge >= 0.3 is 0 Å². The van der Waals surface area contributed by atoms with Crippen molar-refractivity contribution in [2.75, 3.05) is 13.6 Å². The maximum atomic E-state index is 14.4. The Labute approximate surface area is 136 Å². The van der Waals surface area contributed by atoms with Gasteiger partial charge in [-0.1, -0.05) is 25.0 Å². The van der Waals surface area contributed by atoms with Crippen molar-refractivity contribution in [3.63, 3.8) is 0 Å². The summed E-state index contributed by atoms with van der Waals surface area (Å²) in [6.45, 7) is 1.10. The van der Waals surface area contributed by atoms with Crippen molar-refractivity contribution in [1.82, 2.24) is 9.88 Å². The zero-order valence-electron chi connectivity index (χ0n) is 13.5. The van der Waals surface area contributed by atoms with E-state index in [-0.39, 0.29) is 5.82 Å². The Morgan fingerprint density at radius 2 is 1.83 bits per heavy atom. The van der Waals surface area contributed by atoms with E-state index < -0.39 is 5.60 Å². The molecule has 1 saturated carbocycles. The zero-order valence-corrected chi connectivity index (χ0v) is 13.5. The van der Waals surface area contributed by atoms with Crippen LogP contribution in [0.3, 0.4) is 0 Å². The van der Waals surface area contributed by atoms with Gasteiger partial charge in [0.05, 0.1) is 5.60 Å². The molecule has 4 heteroatoms. The summed E-state index contributed by atoms with van der Waals surface area (Å²) >= 11 is 0. The highest BCUT2D eigenvalue weighted by Crippen LogP contribution is 2.30. The first-order chi connectivity index (χ1) is 11.1. The van der Waals surface area contributed by atoms with E-state index in [1.165, 1.54) is 0 Å². The first-order valence-corrected chi connectivity index (χ1v) is 8.15. The third kappa shape index (κ3) is 3.95. The summed E-state index contributed by atoms with van der Waals surface area (Å²) < 4.78 is 14.4. The summed E-state index contributed by atoms with van der Waals surface area (Å²) in [5.74, 6) is -0.204. The number of aliphatic hydroxyl groups is 1. The molecule has 23 heavy (non-hydrogen) atoms. The Morgan fingerprint density at radius 1 is 1.13 bits per heavy atom. The lowest BCUT2D eigenvalue weighted by atomic mass is 10.0. The average molecular weight is 314 g/mol. The molecule has 1 aromatic heterocycles. The van der Waals surface area contributed by atoms with Crippen LogP contribution in [0.2, 0.25) is 0 Å². The number of halogens is 1. The zero-order chi connectivity index (χ0) is 16.3. The molecule has 0 unspecified atom stereocenters. The monoisotopic (exact) mass is 314 g/mol. The summed E-state index contributed by atoms with van der Waals surface area (Å²) in [6, 6.07) is 9.08. The minimum atomic E-state index is -0.595. The summed E-state index contributed by atoms with van der Waals surface area (Å²) in [5, 5.41) is 10.5. The van der Waals surface area contributed by atoms with Crippen molar-refractivity contribution in [2.24, 2.45) is 0 Å². The van der Waals surface area contributed by atoms with Crippen LogP contribution in [0.4, 0.5) is 4.39 Å². The summed E-state index contributed by atoms with van der Waals surface area (Å²) in [6.07, 6.45) is 7.27. The second kappa shape index (κ2) is 6.77. The Kier molecular flexibility index (Phi) is 4.74. The van der Waals surface area contributed by atoms with Crippen molar-refractivity contribution in [3.05, 3.63) is 54.1 Å². The van der Waals surface area contributed by atoms with Gasteiger partial charge in [0.15, 0.2) is 0 Å². The largest absolute Gasteiger partial charge is 0.389 e. The predicted octanol–water partition coefficient (Wildman–Crippen LogP) is 3.62. The quantitative estimate of drug-likeness (QED) is 0.915. The molecule has 0 aliphatic heterocycles. The standard InChI is InChI=1S/C19H23FN2O/c1-22(14-19(23)8-2-3-9-19)13-17-5-4-16(12-18(17)20)15-6-10-21-11-7-15/h4-7,10-12,23H,2-3,8-9,13-14H2,1H3. The number of likely N-dealkylation sites (N-methyl/N-ethyl adjacent to an activating group) is 1. The van der Waals surface area contributed by atoms with Gasteiger partial charge in [0.25, 0.3) is 0 Å². The molecule has 0 atom stereocenters. The van der Waals surface area contributed by atoms with Crippen LogP contribution >= 0.6 is 0 Å². The highest BCUT2D eigenvalue weighted by atomic mass is 19.1. The predicted molar refractivity (Wildman–Crippen MR) is 89.4 cm³/mol. The lowest BCUT2D eigenvalue weighted by Gasteiger charge is -2.28. The van der Waals surface area contributed by atoms with E-state index >= 15 is 0 Å². The number of hydrogen-bond donors (Lipinski definition) is 1. The van der Waals surface area contributed by atoms with E-state index in [4.69, 9.17) is 0 Å². The molecule has 0 spiro atoms. The van der Waals surface area contributed by atoms with Gasteiger partial charge in [0.2, 0.25) is 0 Å². The van der Waals surface area contributed by atoms with Crippen LogP contribution in [-0.2, 0) is 6.54 Å². The molecule has 0 saturated heterocycles. The highest BCUT2D eigenvalue weighted by molar-refractivity contribution is 5.63. The van der Waals surface area contributed by atoms with Gasteiger partial charge in [-0.15, -0.1) is 0 Å². The fourth-order valence-corrected chi connectivity index (χ4v) is 3.44. The molecule has 1 aromatic carbocycles. The fraction of sp³-hybridized carbons (Fsp3) is 0.421. The first-order valence-electron chi connectivity index (χ1n) is 8.15. The smallest absolute Gasteiger partial charge is 0.128 e. The molecule has 3 rings (SSSR count). The summed E-state index contributed by atoms with van der Waals surface area (Å²) in [4.78, 5) is 5.99. The Balaban J connectivity index is 1.69. The molecular formula is C19H23FN2O. The Hall–Kier alpha value is -1.78. The van der Waals surface area contributed by atoms with Crippen molar-refractivity contribution < 1.29 is 9.50 Å². The van der Waals surface area contributed by atoms with Crippen molar-refractivity contribution in [3.8, 4) is 11.1 Å². The van der Waals surface area contributed by atoms with Crippen molar-refractivity contribution >= 4 is 0 Å². The third-order valence-corrected chi connectivity index (χ3v) is 4.61. The second-order valence-corrected chi connectivity index (χ2v) is 6.65. The Bertz CT molecular complexity index is 654. The van der Waals surface area contributed by atoms with Crippen molar-refractivity contribution in [1.29, 1.82) is 0 Å². The van der Waals surface area contributed by atoms with Crippen molar-refractivity contribution in [2.45, 2.75) is 37.8 Å². The van der Waals surface area contributed by atoms with Gasteiger partial charge in [0, 0.05) is 31.0 Å². The van der Waals surface area contributed by atoms with Crippen LogP contribution in [0.25, 0.3) is 11.1 Å². The molecule has 0 bridgehead atoms. The molecule has 1 fully saturated rings.